The van der Waals surface area contributed by atoms with Gasteiger partial charge in [-0.15, -0.1) is 0 Å². The maximum Gasteiger partial charge on any atom is 0.0697 e. The predicted molar refractivity (Wildman–Crippen MR) is 112 cm³/mol. The Morgan fingerprint density at radius 1 is 0.885 bits per heavy atom. The molecule has 3 heteroatoms. The summed E-state index contributed by atoms with van der Waals surface area (Å²) in [5.74, 6) is 0. The zero-order valence-electron chi connectivity index (χ0n) is 16.0. The molecule has 1 saturated heterocycles. The van der Waals surface area contributed by atoms with E-state index in [1.165, 1.54) is 40.7 Å². The van der Waals surface area contributed by atoms with Crippen LogP contribution in [0.25, 0.3) is 10.9 Å². The third-order valence-corrected chi connectivity index (χ3v) is 5.48. The summed E-state index contributed by atoms with van der Waals surface area (Å²) < 4.78 is 2.50. The molecule has 0 unspecified atom stereocenters. The summed E-state index contributed by atoms with van der Waals surface area (Å²) in [5, 5.41) is 3.90. The monoisotopic (exact) mass is 347 g/mol. The molecular formula is C23H29N3. The van der Waals surface area contributed by atoms with E-state index >= 15 is 0 Å². The van der Waals surface area contributed by atoms with Gasteiger partial charge in [0.25, 0.3) is 0 Å². The Hall–Kier alpha value is -2.42. The van der Waals surface area contributed by atoms with Crippen LogP contribution in [0, 0.1) is 6.92 Å². The van der Waals surface area contributed by atoms with Crippen molar-refractivity contribution in [2.45, 2.75) is 33.1 Å². The number of fused-ring (bicyclic) bond motifs is 1. The molecule has 4 rings (SSSR count). The molecule has 0 radical (unpaired) electrons. The van der Waals surface area contributed by atoms with Crippen molar-refractivity contribution >= 4 is 16.6 Å². The molecule has 2 aromatic carbocycles. The normalized spacial score (nSPS) is 15.0. The van der Waals surface area contributed by atoms with Crippen molar-refractivity contribution < 1.29 is 0 Å². The summed E-state index contributed by atoms with van der Waals surface area (Å²) in [6, 6.07) is 20.1. The molecule has 0 amide bonds. The van der Waals surface area contributed by atoms with E-state index < -0.39 is 0 Å². The standard InChI is InChI=1S/C23H29N3/c1-3-4-8-22-18-20-7-5-6-9-23(20)26(22)25-16-14-24(15-17-25)21-12-10-19(2)11-13-21/h5-7,9-13,18H,3-4,8,14-17H2,1-2H3. The Morgan fingerprint density at radius 2 is 1.62 bits per heavy atom. The molecule has 0 N–H and O–H groups in total. The molecule has 0 spiro atoms. The molecule has 1 fully saturated rings. The Balaban J connectivity index is 1.56. The minimum Gasteiger partial charge on any atom is -0.368 e. The van der Waals surface area contributed by atoms with E-state index in [0.717, 1.165) is 32.6 Å². The van der Waals surface area contributed by atoms with Gasteiger partial charge in [-0.2, -0.15) is 0 Å². The van der Waals surface area contributed by atoms with Gasteiger partial charge in [0.2, 0.25) is 0 Å². The second kappa shape index (κ2) is 7.45. The number of piperazine rings is 1. The van der Waals surface area contributed by atoms with Crippen LogP contribution < -0.4 is 9.91 Å². The first kappa shape index (κ1) is 17.0. The number of aryl methyl sites for hydroxylation is 2. The minimum atomic E-state index is 1.06. The number of anilines is 1. The molecular weight excluding hydrogens is 318 g/mol. The van der Waals surface area contributed by atoms with Gasteiger partial charge in [-0.1, -0.05) is 49.2 Å². The van der Waals surface area contributed by atoms with Crippen molar-refractivity contribution in [3.8, 4) is 0 Å². The number of hydrogen-bond acceptors (Lipinski definition) is 2. The number of unbranched alkanes of at least 4 members (excludes halogenated alkanes) is 1. The number of rotatable bonds is 5. The summed E-state index contributed by atoms with van der Waals surface area (Å²) in [5.41, 5.74) is 5.48. The Kier molecular flexibility index (Phi) is 4.87. The average molecular weight is 348 g/mol. The fraction of sp³-hybridized carbons (Fsp3) is 0.391. The molecule has 0 saturated carbocycles. The largest absolute Gasteiger partial charge is 0.368 e. The lowest BCUT2D eigenvalue weighted by Gasteiger charge is -2.39. The average Bonchev–Trinajstić information content (AvgIpc) is 3.05. The topological polar surface area (TPSA) is 11.4 Å². The fourth-order valence-corrected chi connectivity index (χ4v) is 3.98. The quantitative estimate of drug-likeness (QED) is 0.660. The van der Waals surface area contributed by atoms with E-state index in [2.05, 4.69) is 83.0 Å². The lowest BCUT2D eigenvalue weighted by Crippen LogP contribution is -2.51. The second-order valence-electron chi connectivity index (χ2n) is 7.39. The first-order valence-electron chi connectivity index (χ1n) is 9.92. The van der Waals surface area contributed by atoms with Gasteiger partial charge in [-0.25, -0.2) is 0 Å². The minimum absolute atomic E-state index is 1.06. The Bertz CT molecular complexity index is 855. The summed E-state index contributed by atoms with van der Waals surface area (Å²) in [4.78, 5) is 2.51. The van der Waals surface area contributed by atoms with E-state index in [4.69, 9.17) is 0 Å². The number of aromatic nitrogens is 1. The summed E-state index contributed by atoms with van der Waals surface area (Å²) in [6.07, 6.45) is 3.64. The van der Waals surface area contributed by atoms with Crippen molar-refractivity contribution in [2.24, 2.45) is 0 Å². The van der Waals surface area contributed by atoms with Crippen LogP contribution in [0.2, 0.25) is 0 Å². The first-order valence-corrected chi connectivity index (χ1v) is 9.92. The van der Waals surface area contributed by atoms with Crippen molar-refractivity contribution in [3.63, 3.8) is 0 Å². The summed E-state index contributed by atoms with van der Waals surface area (Å²) >= 11 is 0. The van der Waals surface area contributed by atoms with Gasteiger partial charge in [0.05, 0.1) is 18.6 Å². The highest BCUT2D eigenvalue weighted by atomic mass is 15.6. The maximum atomic E-state index is 2.54. The zero-order valence-corrected chi connectivity index (χ0v) is 16.0. The van der Waals surface area contributed by atoms with Gasteiger partial charge < -0.3 is 9.91 Å². The van der Waals surface area contributed by atoms with Crippen LogP contribution in [0.4, 0.5) is 5.69 Å². The van der Waals surface area contributed by atoms with Crippen LogP contribution in [0.3, 0.4) is 0 Å². The molecule has 26 heavy (non-hydrogen) atoms. The van der Waals surface area contributed by atoms with Gasteiger partial charge >= 0.3 is 0 Å². The summed E-state index contributed by atoms with van der Waals surface area (Å²) in [7, 11) is 0. The maximum absolute atomic E-state index is 2.54. The molecule has 2 heterocycles. The Labute approximate surface area is 156 Å². The molecule has 1 aliphatic rings. The lowest BCUT2D eigenvalue weighted by molar-refractivity contribution is 0.523. The van der Waals surface area contributed by atoms with Gasteiger partial charge in [-0.05, 0) is 44.0 Å². The highest BCUT2D eigenvalue weighted by Crippen LogP contribution is 2.23. The van der Waals surface area contributed by atoms with Gasteiger partial charge in [-0.3, -0.25) is 4.68 Å². The number of benzene rings is 2. The molecule has 0 aliphatic carbocycles. The predicted octanol–water partition coefficient (Wildman–Crippen LogP) is 4.75. The SMILES string of the molecule is CCCCc1cc2ccccc2n1N1CCN(c2ccc(C)cc2)CC1. The fourth-order valence-electron chi connectivity index (χ4n) is 3.98. The van der Waals surface area contributed by atoms with Gasteiger partial charge in [0, 0.05) is 29.9 Å². The van der Waals surface area contributed by atoms with Crippen LogP contribution in [0.15, 0.2) is 54.6 Å². The van der Waals surface area contributed by atoms with Crippen LogP contribution >= 0.6 is 0 Å². The third-order valence-electron chi connectivity index (χ3n) is 5.48. The van der Waals surface area contributed by atoms with E-state index in [0.29, 0.717) is 0 Å². The number of hydrogen-bond donors (Lipinski definition) is 0. The molecule has 1 aliphatic heterocycles. The molecule has 0 bridgehead atoms. The van der Waals surface area contributed by atoms with Crippen LogP contribution in [-0.4, -0.2) is 30.9 Å². The van der Waals surface area contributed by atoms with E-state index in [-0.39, 0.29) is 0 Å². The third kappa shape index (κ3) is 3.31. The second-order valence-corrected chi connectivity index (χ2v) is 7.39. The van der Waals surface area contributed by atoms with Crippen molar-refractivity contribution in [2.75, 3.05) is 36.1 Å². The molecule has 136 valence electrons. The first-order chi connectivity index (χ1) is 12.8. The molecule has 3 nitrogen and oxygen atoms in total. The highest BCUT2D eigenvalue weighted by molar-refractivity contribution is 5.81. The molecule has 0 atom stereocenters. The van der Waals surface area contributed by atoms with Crippen LogP contribution in [0.1, 0.15) is 31.0 Å². The van der Waals surface area contributed by atoms with E-state index in [9.17, 15) is 0 Å². The molecule has 1 aromatic heterocycles. The highest BCUT2D eigenvalue weighted by Gasteiger charge is 2.20. The number of para-hydroxylation sites is 1. The van der Waals surface area contributed by atoms with Gasteiger partial charge in [0.1, 0.15) is 0 Å². The zero-order chi connectivity index (χ0) is 17.9. The Morgan fingerprint density at radius 3 is 2.35 bits per heavy atom. The summed E-state index contributed by atoms with van der Waals surface area (Å²) in [6.45, 7) is 8.69. The van der Waals surface area contributed by atoms with Crippen LogP contribution in [0.5, 0.6) is 0 Å². The number of nitrogens with zero attached hydrogens (tertiary/aromatic N) is 3. The molecule has 3 aromatic rings. The van der Waals surface area contributed by atoms with E-state index in [1.54, 1.807) is 0 Å². The smallest absolute Gasteiger partial charge is 0.0697 e. The van der Waals surface area contributed by atoms with Crippen molar-refractivity contribution in [1.29, 1.82) is 0 Å². The van der Waals surface area contributed by atoms with E-state index in [1.807, 2.05) is 0 Å². The van der Waals surface area contributed by atoms with Crippen LogP contribution in [-0.2, 0) is 6.42 Å². The van der Waals surface area contributed by atoms with Crippen molar-refractivity contribution in [1.82, 2.24) is 4.68 Å². The lowest BCUT2D eigenvalue weighted by atomic mass is 10.2. The van der Waals surface area contributed by atoms with Gasteiger partial charge in [0.15, 0.2) is 0 Å². The van der Waals surface area contributed by atoms with Crippen molar-refractivity contribution in [3.05, 3.63) is 65.9 Å².